The van der Waals surface area contributed by atoms with Crippen LogP contribution in [0.1, 0.15) is 5.56 Å². The molecule has 0 spiro atoms. The monoisotopic (exact) mass is 365 g/mol. The number of ether oxygens (including phenoxy) is 1. The zero-order valence-corrected chi connectivity index (χ0v) is 13.9. The standard InChI is InChI=1S/C15H13BrClN3O/c1-8-5-13-19-14(15(18)20(13)7-10(8)16)9-3-4-12(21-2)11(17)6-9/h3-7H,18H2,1-2H3. The Morgan fingerprint density at radius 1 is 1.33 bits per heavy atom. The van der Waals surface area contributed by atoms with Crippen molar-refractivity contribution in [1.29, 1.82) is 0 Å². The van der Waals surface area contributed by atoms with Crippen LogP contribution in [-0.4, -0.2) is 16.5 Å². The highest BCUT2D eigenvalue weighted by molar-refractivity contribution is 9.10. The molecule has 0 bridgehead atoms. The van der Waals surface area contributed by atoms with Crippen LogP contribution in [0.15, 0.2) is 34.9 Å². The van der Waals surface area contributed by atoms with Crippen molar-refractivity contribution in [2.24, 2.45) is 0 Å². The zero-order valence-electron chi connectivity index (χ0n) is 11.5. The summed E-state index contributed by atoms with van der Waals surface area (Å²) < 4.78 is 8.00. The van der Waals surface area contributed by atoms with E-state index in [1.165, 1.54) is 0 Å². The summed E-state index contributed by atoms with van der Waals surface area (Å²) in [5, 5.41) is 0.531. The molecule has 2 aromatic heterocycles. The first-order chi connectivity index (χ1) is 10.0. The molecule has 0 atom stereocenters. The van der Waals surface area contributed by atoms with E-state index in [0.717, 1.165) is 21.2 Å². The summed E-state index contributed by atoms with van der Waals surface area (Å²) in [5.74, 6) is 1.20. The third-order valence-electron chi connectivity index (χ3n) is 3.37. The number of hydrogen-bond donors (Lipinski definition) is 1. The van der Waals surface area contributed by atoms with Crippen molar-refractivity contribution in [3.05, 3.63) is 45.5 Å². The number of imidazole rings is 1. The maximum absolute atomic E-state index is 6.22. The lowest BCUT2D eigenvalue weighted by molar-refractivity contribution is 0.415. The Kier molecular flexibility index (Phi) is 3.55. The molecule has 6 heteroatoms. The molecular weight excluding hydrogens is 354 g/mol. The minimum atomic E-state index is 0.531. The second-order valence-corrected chi connectivity index (χ2v) is 5.99. The van der Waals surface area contributed by atoms with Gasteiger partial charge >= 0.3 is 0 Å². The maximum atomic E-state index is 6.22. The van der Waals surface area contributed by atoms with Crippen LogP contribution in [0.3, 0.4) is 0 Å². The van der Waals surface area contributed by atoms with Gasteiger partial charge in [0.05, 0.1) is 12.1 Å². The molecule has 0 aliphatic carbocycles. The summed E-state index contributed by atoms with van der Waals surface area (Å²) in [6, 6.07) is 7.49. The first kappa shape index (κ1) is 14.2. The molecule has 0 amide bonds. The third kappa shape index (κ3) is 2.36. The Morgan fingerprint density at radius 2 is 2.10 bits per heavy atom. The molecule has 0 fully saturated rings. The number of aromatic nitrogens is 2. The quantitative estimate of drug-likeness (QED) is 0.735. The average molecular weight is 367 g/mol. The molecule has 3 rings (SSSR count). The summed E-state index contributed by atoms with van der Waals surface area (Å²) in [7, 11) is 1.58. The van der Waals surface area contributed by atoms with Crippen molar-refractivity contribution < 1.29 is 4.74 Å². The van der Waals surface area contributed by atoms with Crippen molar-refractivity contribution >= 4 is 39.0 Å². The molecule has 108 valence electrons. The van der Waals surface area contributed by atoms with E-state index in [9.17, 15) is 0 Å². The molecule has 0 saturated heterocycles. The highest BCUT2D eigenvalue weighted by atomic mass is 79.9. The third-order valence-corrected chi connectivity index (χ3v) is 4.49. The van der Waals surface area contributed by atoms with Crippen LogP contribution in [0.4, 0.5) is 5.82 Å². The molecule has 2 heterocycles. The number of halogens is 2. The van der Waals surface area contributed by atoms with Gasteiger partial charge in [-0.05, 0) is 52.7 Å². The van der Waals surface area contributed by atoms with Gasteiger partial charge in [-0.1, -0.05) is 11.6 Å². The Bertz CT molecular complexity index is 845. The maximum Gasteiger partial charge on any atom is 0.139 e. The van der Waals surface area contributed by atoms with Gasteiger partial charge < -0.3 is 10.5 Å². The number of aryl methyl sites for hydroxylation is 1. The number of benzene rings is 1. The average Bonchev–Trinajstić information content (AvgIpc) is 2.76. The lowest BCUT2D eigenvalue weighted by Gasteiger charge is -2.05. The summed E-state index contributed by atoms with van der Waals surface area (Å²) in [6.07, 6.45) is 1.92. The highest BCUT2D eigenvalue weighted by Crippen LogP contribution is 2.33. The van der Waals surface area contributed by atoms with Gasteiger partial charge in [0.15, 0.2) is 0 Å². The molecule has 4 nitrogen and oxygen atoms in total. The van der Waals surface area contributed by atoms with Gasteiger partial charge in [-0.25, -0.2) is 4.98 Å². The fourth-order valence-electron chi connectivity index (χ4n) is 2.20. The van der Waals surface area contributed by atoms with Crippen LogP contribution in [0.2, 0.25) is 5.02 Å². The van der Waals surface area contributed by atoms with Crippen molar-refractivity contribution in [3.63, 3.8) is 0 Å². The minimum absolute atomic E-state index is 0.531. The molecule has 0 saturated carbocycles. The zero-order chi connectivity index (χ0) is 15.1. The van der Waals surface area contributed by atoms with Gasteiger partial charge in [-0.15, -0.1) is 0 Å². The van der Waals surface area contributed by atoms with E-state index in [-0.39, 0.29) is 0 Å². The number of fused-ring (bicyclic) bond motifs is 1. The van der Waals surface area contributed by atoms with Crippen LogP contribution in [-0.2, 0) is 0 Å². The number of anilines is 1. The topological polar surface area (TPSA) is 52.5 Å². The van der Waals surface area contributed by atoms with E-state index in [0.29, 0.717) is 22.3 Å². The number of rotatable bonds is 2. The van der Waals surface area contributed by atoms with Gasteiger partial charge in [-0.2, -0.15) is 0 Å². The second kappa shape index (κ2) is 5.24. The lowest BCUT2D eigenvalue weighted by Crippen LogP contribution is -1.95. The first-order valence-electron chi connectivity index (χ1n) is 6.29. The van der Waals surface area contributed by atoms with Gasteiger partial charge in [0.1, 0.15) is 22.9 Å². The summed E-state index contributed by atoms with van der Waals surface area (Å²) in [5.41, 5.74) is 9.68. The predicted octanol–water partition coefficient (Wildman–Crippen LogP) is 4.32. The van der Waals surface area contributed by atoms with E-state index in [1.54, 1.807) is 13.2 Å². The molecule has 0 unspecified atom stereocenters. The van der Waals surface area contributed by atoms with Crippen molar-refractivity contribution in [2.45, 2.75) is 6.92 Å². The fraction of sp³-hybridized carbons (Fsp3) is 0.133. The van der Waals surface area contributed by atoms with Crippen molar-refractivity contribution in [2.75, 3.05) is 12.8 Å². The normalized spacial score (nSPS) is 11.0. The van der Waals surface area contributed by atoms with Crippen LogP contribution in [0, 0.1) is 6.92 Å². The van der Waals surface area contributed by atoms with E-state index in [1.807, 2.05) is 35.7 Å². The van der Waals surface area contributed by atoms with Crippen LogP contribution < -0.4 is 10.5 Å². The van der Waals surface area contributed by atoms with Gasteiger partial charge in [-0.3, -0.25) is 4.40 Å². The van der Waals surface area contributed by atoms with Crippen molar-refractivity contribution in [3.8, 4) is 17.0 Å². The summed E-state index contributed by atoms with van der Waals surface area (Å²) in [6.45, 7) is 2.01. The number of nitrogen functional groups attached to an aromatic ring is 1. The Hall–Kier alpha value is -1.72. The molecule has 2 N–H and O–H groups in total. The molecule has 0 aliphatic heterocycles. The molecule has 1 aromatic carbocycles. The molecular formula is C15H13BrClN3O. The Labute approximate surface area is 135 Å². The SMILES string of the molecule is COc1ccc(-c2nc3cc(C)c(Br)cn3c2N)cc1Cl. The summed E-state index contributed by atoms with van der Waals surface area (Å²) in [4.78, 5) is 4.60. The molecule has 3 aromatic rings. The molecule has 21 heavy (non-hydrogen) atoms. The van der Waals surface area contributed by atoms with Crippen molar-refractivity contribution in [1.82, 2.24) is 9.38 Å². The van der Waals surface area contributed by atoms with Gasteiger partial charge in [0.2, 0.25) is 0 Å². The molecule has 0 radical (unpaired) electrons. The minimum Gasteiger partial charge on any atom is -0.495 e. The second-order valence-electron chi connectivity index (χ2n) is 4.73. The van der Waals surface area contributed by atoms with E-state index in [4.69, 9.17) is 22.1 Å². The smallest absolute Gasteiger partial charge is 0.139 e. The predicted molar refractivity (Wildman–Crippen MR) is 89.0 cm³/mol. The number of methoxy groups -OCH3 is 1. The lowest BCUT2D eigenvalue weighted by atomic mass is 10.1. The van der Waals surface area contributed by atoms with Gasteiger partial charge in [0.25, 0.3) is 0 Å². The van der Waals surface area contributed by atoms with E-state index >= 15 is 0 Å². The number of nitrogens with zero attached hydrogens (tertiary/aromatic N) is 2. The largest absolute Gasteiger partial charge is 0.495 e. The van der Waals surface area contributed by atoms with Gasteiger partial charge in [0, 0.05) is 16.2 Å². The van der Waals surface area contributed by atoms with Crippen LogP contribution in [0.25, 0.3) is 16.9 Å². The van der Waals surface area contributed by atoms with E-state index < -0.39 is 0 Å². The number of hydrogen-bond acceptors (Lipinski definition) is 3. The van der Waals surface area contributed by atoms with Crippen LogP contribution >= 0.6 is 27.5 Å². The summed E-state index contributed by atoms with van der Waals surface area (Å²) >= 11 is 9.68. The van der Waals surface area contributed by atoms with E-state index in [2.05, 4.69) is 20.9 Å². The fourth-order valence-corrected chi connectivity index (χ4v) is 2.78. The Balaban J connectivity index is 2.21. The Morgan fingerprint density at radius 3 is 2.76 bits per heavy atom. The first-order valence-corrected chi connectivity index (χ1v) is 7.46. The molecule has 0 aliphatic rings. The number of nitrogens with two attached hydrogens (primary N) is 1. The number of pyridine rings is 1. The van der Waals surface area contributed by atoms with Crippen LogP contribution in [0.5, 0.6) is 5.75 Å². The highest BCUT2D eigenvalue weighted by Gasteiger charge is 2.14.